The standard InChI is InChI=1S/C15H16BrNO2S.Na.H/c1-2-10(15(18)19)7-8-20-14-6-3-11-9-12(16)4-5-13(11)17-14;;/h3-6,9-10H,2,7-8H2,1H3,(H,18,19);;/q;+1;-1. The van der Waals surface area contributed by atoms with Gasteiger partial charge in [-0.2, -0.15) is 0 Å². The summed E-state index contributed by atoms with van der Waals surface area (Å²) >= 11 is 5.06. The Morgan fingerprint density at radius 1 is 1.43 bits per heavy atom. The molecule has 0 fully saturated rings. The Morgan fingerprint density at radius 3 is 2.86 bits per heavy atom. The second-order valence-electron chi connectivity index (χ2n) is 4.57. The number of rotatable bonds is 6. The molecule has 2 aromatic rings. The van der Waals surface area contributed by atoms with Crippen LogP contribution in [0.1, 0.15) is 21.2 Å². The zero-order valence-electron chi connectivity index (χ0n) is 13.2. The van der Waals surface area contributed by atoms with Crippen LogP contribution in [-0.2, 0) is 4.79 Å². The first kappa shape index (κ1) is 19.0. The number of carboxylic acid groups (broad SMARTS) is 1. The molecule has 0 saturated heterocycles. The van der Waals surface area contributed by atoms with E-state index in [1.54, 1.807) is 11.8 Å². The second kappa shape index (κ2) is 9.16. The fourth-order valence-electron chi connectivity index (χ4n) is 1.97. The zero-order valence-corrected chi connectivity index (χ0v) is 16.6. The van der Waals surface area contributed by atoms with E-state index in [4.69, 9.17) is 5.11 Å². The molecular formula is C15H17BrNNaO2S. The zero-order chi connectivity index (χ0) is 14.5. The summed E-state index contributed by atoms with van der Waals surface area (Å²) in [4.78, 5) is 15.5. The Hall–Kier alpha value is -0.0700. The van der Waals surface area contributed by atoms with Gasteiger partial charge in [-0.15, -0.1) is 11.8 Å². The van der Waals surface area contributed by atoms with Crippen LogP contribution in [0.3, 0.4) is 0 Å². The molecule has 0 aliphatic rings. The summed E-state index contributed by atoms with van der Waals surface area (Å²) in [7, 11) is 0. The number of hydrogen-bond donors (Lipinski definition) is 1. The normalized spacial score (nSPS) is 11.9. The molecule has 1 aromatic heterocycles. The summed E-state index contributed by atoms with van der Waals surface area (Å²) in [5.74, 6) is -0.178. The third-order valence-electron chi connectivity index (χ3n) is 3.18. The predicted octanol–water partition coefficient (Wildman–Crippen LogP) is 1.71. The van der Waals surface area contributed by atoms with Gasteiger partial charge in [0.15, 0.2) is 0 Å². The van der Waals surface area contributed by atoms with Crippen LogP contribution in [-0.4, -0.2) is 21.8 Å². The first-order valence-corrected chi connectivity index (χ1v) is 8.30. The summed E-state index contributed by atoms with van der Waals surface area (Å²) < 4.78 is 1.04. The molecule has 1 unspecified atom stereocenters. The molecule has 1 heterocycles. The van der Waals surface area contributed by atoms with Crippen molar-refractivity contribution in [1.29, 1.82) is 0 Å². The number of halogens is 1. The van der Waals surface area contributed by atoms with Gasteiger partial charge >= 0.3 is 35.5 Å². The van der Waals surface area contributed by atoms with Crippen LogP contribution in [0.2, 0.25) is 0 Å². The Kier molecular flexibility index (Phi) is 8.27. The molecule has 0 amide bonds. The van der Waals surface area contributed by atoms with Crippen LogP contribution < -0.4 is 29.6 Å². The van der Waals surface area contributed by atoms with Gasteiger partial charge in [0.1, 0.15) is 0 Å². The van der Waals surface area contributed by atoms with E-state index in [2.05, 4.69) is 20.9 Å². The molecule has 1 N–H and O–H groups in total. The molecule has 0 saturated carbocycles. The van der Waals surface area contributed by atoms with E-state index < -0.39 is 5.97 Å². The quantitative estimate of drug-likeness (QED) is 0.614. The number of hydrogen-bond acceptors (Lipinski definition) is 3. The first-order valence-electron chi connectivity index (χ1n) is 6.52. The summed E-state index contributed by atoms with van der Waals surface area (Å²) in [5.41, 5.74) is 0.962. The largest absolute Gasteiger partial charge is 1.00 e. The SMILES string of the molecule is CCC(CCSc1ccc2cc(Br)ccc2n1)C(=O)O.[H-].[Na+]. The van der Waals surface area contributed by atoms with Crippen LogP contribution >= 0.6 is 27.7 Å². The number of fused-ring (bicyclic) bond motifs is 1. The van der Waals surface area contributed by atoms with Crippen molar-refractivity contribution in [2.24, 2.45) is 5.92 Å². The van der Waals surface area contributed by atoms with E-state index in [0.29, 0.717) is 12.8 Å². The molecule has 0 aliphatic heterocycles. The van der Waals surface area contributed by atoms with Gasteiger partial charge < -0.3 is 6.53 Å². The molecule has 0 aliphatic carbocycles. The second-order valence-corrected chi connectivity index (χ2v) is 6.60. The molecule has 1 atom stereocenters. The Labute approximate surface area is 160 Å². The topological polar surface area (TPSA) is 50.2 Å². The van der Waals surface area contributed by atoms with Gasteiger partial charge in [-0.3, -0.25) is 4.79 Å². The maximum absolute atomic E-state index is 11.0. The fraction of sp³-hybridized carbons (Fsp3) is 0.333. The van der Waals surface area contributed by atoms with Crippen molar-refractivity contribution >= 4 is 44.6 Å². The van der Waals surface area contributed by atoms with E-state index in [-0.39, 0.29) is 36.9 Å². The summed E-state index contributed by atoms with van der Waals surface area (Å²) in [6.07, 6.45) is 1.35. The monoisotopic (exact) mass is 377 g/mol. The first-order chi connectivity index (χ1) is 9.60. The maximum atomic E-state index is 11.0. The van der Waals surface area contributed by atoms with Gasteiger partial charge in [-0.05, 0) is 37.1 Å². The number of carboxylic acids is 1. The third kappa shape index (κ3) is 5.57. The van der Waals surface area contributed by atoms with E-state index in [1.165, 1.54) is 0 Å². The molecule has 108 valence electrons. The van der Waals surface area contributed by atoms with Crippen LogP contribution in [0.15, 0.2) is 39.8 Å². The predicted molar refractivity (Wildman–Crippen MR) is 87.3 cm³/mol. The van der Waals surface area contributed by atoms with Gasteiger partial charge in [-0.1, -0.05) is 28.9 Å². The van der Waals surface area contributed by atoms with Crippen LogP contribution in [0.25, 0.3) is 10.9 Å². The minimum Gasteiger partial charge on any atom is -1.00 e. The Balaban J connectivity index is 0.00000220. The van der Waals surface area contributed by atoms with E-state index >= 15 is 0 Å². The summed E-state index contributed by atoms with van der Waals surface area (Å²) in [6.45, 7) is 1.91. The number of carbonyl (C=O) groups is 1. The molecule has 0 bridgehead atoms. The number of aromatic nitrogens is 1. The van der Waals surface area contributed by atoms with Gasteiger partial charge in [-0.25, -0.2) is 4.98 Å². The third-order valence-corrected chi connectivity index (χ3v) is 4.64. The van der Waals surface area contributed by atoms with Gasteiger partial charge in [0.05, 0.1) is 16.5 Å². The van der Waals surface area contributed by atoms with Crippen molar-refractivity contribution in [3.05, 3.63) is 34.8 Å². The average Bonchev–Trinajstić information content (AvgIpc) is 2.43. The average molecular weight is 378 g/mol. The number of aliphatic carboxylic acids is 1. The van der Waals surface area contributed by atoms with Crippen molar-refractivity contribution in [2.75, 3.05) is 5.75 Å². The Morgan fingerprint density at radius 2 is 2.19 bits per heavy atom. The van der Waals surface area contributed by atoms with Gasteiger partial charge in [0, 0.05) is 15.6 Å². The van der Waals surface area contributed by atoms with E-state index in [9.17, 15) is 4.79 Å². The smallest absolute Gasteiger partial charge is 1.00 e. The molecule has 6 heteroatoms. The van der Waals surface area contributed by atoms with Crippen LogP contribution in [0.5, 0.6) is 0 Å². The van der Waals surface area contributed by atoms with Crippen LogP contribution in [0.4, 0.5) is 0 Å². The molecule has 21 heavy (non-hydrogen) atoms. The van der Waals surface area contributed by atoms with Gasteiger partial charge in [0.2, 0.25) is 0 Å². The van der Waals surface area contributed by atoms with Crippen molar-refractivity contribution in [2.45, 2.75) is 24.8 Å². The van der Waals surface area contributed by atoms with Crippen molar-refractivity contribution in [3.63, 3.8) is 0 Å². The molecule has 3 nitrogen and oxygen atoms in total. The minimum absolute atomic E-state index is 0. The minimum atomic E-state index is -0.704. The molecule has 2 rings (SSSR count). The number of thioether (sulfide) groups is 1. The maximum Gasteiger partial charge on any atom is 1.00 e. The molecular weight excluding hydrogens is 361 g/mol. The van der Waals surface area contributed by atoms with Crippen molar-refractivity contribution in [1.82, 2.24) is 4.98 Å². The van der Waals surface area contributed by atoms with Gasteiger partial charge in [0.25, 0.3) is 0 Å². The molecule has 0 radical (unpaired) electrons. The van der Waals surface area contributed by atoms with Crippen molar-refractivity contribution in [3.8, 4) is 0 Å². The van der Waals surface area contributed by atoms with E-state index in [1.807, 2.05) is 37.3 Å². The van der Waals surface area contributed by atoms with E-state index in [0.717, 1.165) is 26.2 Å². The summed E-state index contributed by atoms with van der Waals surface area (Å²) in [6, 6.07) is 10.0. The number of pyridine rings is 1. The molecule has 1 aromatic carbocycles. The number of benzene rings is 1. The van der Waals surface area contributed by atoms with Crippen LogP contribution in [0, 0.1) is 5.92 Å². The van der Waals surface area contributed by atoms with Crippen molar-refractivity contribution < 1.29 is 40.9 Å². The number of nitrogens with zero attached hydrogens (tertiary/aromatic N) is 1. The Bertz CT molecular complexity index is 630. The summed E-state index contributed by atoms with van der Waals surface area (Å²) in [5, 5.41) is 11.1. The molecule has 0 spiro atoms. The fourth-order valence-corrected chi connectivity index (χ4v) is 3.28.